The van der Waals surface area contributed by atoms with E-state index in [-0.39, 0.29) is 12.4 Å². The first kappa shape index (κ1) is 21.0. The van der Waals surface area contributed by atoms with Crippen LogP contribution >= 0.6 is 0 Å². The molecule has 0 bridgehead atoms. The number of sulfonamides is 1. The summed E-state index contributed by atoms with van der Waals surface area (Å²) in [4.78, 5) is 7.02. The third-order valence-electron chi connectivity index (χ3n) is 6.47. The number of β-amino-alcohol motifs (C(OH)–C–C–N with tert-alkyl or cyclic N) is 1. The molecule has 3 aliphatic rings. The van der Waals surface area contributed by atoms with Crippen LogP contribution in [0.25, 0.3) is 0 Å². The number of aliphatic hydroxyl groups is 1. The van der Waals surface area contributed by atoms with Gasteiger partial charge in [0, 0.05) is 70.6 Å². The van der Waals surface area contributed by atoms with Crippen LogP contribution in [0.3, 0.4) is 0 Å². The van der Waals surface area contributed by atoms with Crippen LogP contribution in [-0.2, 0) is 10.0 Å². The summed E-state index contributed by atoms with van der Waals surface area (Å²) in [5.41, 5.74) is 0.115. The summed E-state index contributed by atoms with van der Waals surface area (Å²) in [6, 6.07) is 7.17. The highest BCUT2D eigenvalue weighted by atomic mass is 32.2. The molecule has 0 aromatic heterocycles. The third kappa shape index (κ3) is 4.91. The van der Waals surface area contributed by atoms with E-state index in [1.807, 2.05) is 12.1 Å². The minimum Gasteiger partial charge on any atom is -0.387 e. The van der Waals surface area contributed by atoms with Crippen molar-refractivity contribution in [3.8, 4) is 0 Å². The summed E-state index contributed by atoms with van der Waals surface area (Å²) < 4.78 is 38.1. The van der Waals surface area contributed by atoms with Gasteiger partial charge < -0.3 is 10.0 Å². The Morgan fingerprint density at radius 2 is 1.76 bits per heavy atom. The summed E-state index contributed by atoms with van der Waals surface area (Å²) in [6.45, 7) is 6.86. The van der Waals surface area contributed by atoms with E-state index in [0.717, 1.165) is 45.0 Å². The number of anilines is 1. The first-order chi connectivity index (χ1) is 13.7. The lowest BCUT2D eigenvalue weighted by Crippen LogP contribution is -2.66. The minimum absolute atomic E-state index is 0.198. The van der Waals surface area contributed by atoms with Crippen molar-refractivity contribution in [3.63, 3.8) is 0 Å². The fourth-order valence-corrected chi connectivity index (χ4v) is 5.73. The molecule has 1 aromatic carbocycles. The standard InChI is InChI=1S/C20H31FN4O3S/c1-29(27,28)25-8-2-7-20(26,16-25)15-22-13-19(14-22)24-11-9-23(10-12-24)18-5-3-17(21)4-6-18/h3-6,19,26H,2,7-16H2,1H3. The molecular weight excluding hydrogens is 395 g/mol. The molecule has 1 aromatic rings. The second-order valence-corrected chi connectivity index (χ2v) is 10.8. The smallest absolute Gasteiger partial charge is 0.211 e. The zero-order valence-electron chi connectivity index (χ0n) is 17.0. The van der Waals surface area contributed by atoms with Crippen LogP contribution in [0.2, 0.25) is 0 Å². The van der Waals surface area contributed by atoms with Gasteiger partial charge in [0.05, 0.1) is 11.9 Å². The molecule has 3 saturated heterocycles. The fourth-order valence-electron chi connectivity index (χ4n) is 4.80. The topological polar surface area (TPSA) is 67.3 Å². The van der Waals surface area contributed by atoms with E-state index in [2.05, 4.69) is 14.7 Å². The summed E-state index contributed by atoms with van der Waals surface area (Å²) in [5.74, 6) is -0.207. The van der Waals surface area contributed by atoms with Crippen LogP contribution in [-0.4, -0.2) is 104 Å². The van der Waals surface area contributed by atoms with Gasteiger partial charge in [0.2, 0.25) is 10.0 Å². The van der Waals surface area contributed by atoms with E-state index in [1.165, 1.54) is 22.7 Å². The maximum absolute atomic E-state index is 13.1. The zero-order valence-corrected chi connectivity index (χ0v) is 17.8. The van der Waals surface area contributed by atoms with Crippen molar-refractivity contribution in [2.24, 2.45) is 0 Å². The Morgan fingerprint density at radius 1 is 1.10 bits per heavy atom. The Balaban J connectivity index is 1.23. The van der Waals surface area contributed by atoms with Crippen molar-refractivity contribution in [3.05, 3.63) is 30.1 Å². The highest BCUT2D eigenvalue weighted by Crippen LogP contribution is 2.27. The molecule has 3 fully saturated rings. The number of rotatable bonds is 5. The largest absolute Gasteiger partial charge is 0.387 e. The first-order valence-corrected chi connectivity index (χ1v) is 12.2. The van der Waals surface area contributed by atoms with Crippen molar-refractivity contribution in [1.29, 1.82) is 0 Å². The highest BCUT2D eigenvalue weighted by Gasteiger charge is 2.42. The SMILES string of the molecule is CS(=O)(=O)N1CCCC(O)(CN2CC(N3CCN(c4ccc(F)cc4)CC3)C2)C1. The van der Waals surface area contributed by atoms with Gasteiger partial charge in [-0.2, -0.15) is 4.31 Å². The summed E-state index contributed by atoms with van der Waals surface area (Å²) in [6.07, 6.45) is 2.56. The van der Waals surface area contributed by atoms with Crippen molar-refractivity contribution in [2.75, 3.05) is 70.1 Å². The minimum atomic E-state index is -3.26. The number of hydrogen-bond acceptors (Lipinski definition) is 6. The van der Waals surface area contributed by atoms with Crippen molar-refractivity contribution < 1.29 is 17.9 Å². The summed E-state index contributed by atoms with van der Waals surface area (Å²) in [5, 5.41) is 10.9. The number of nitrogens with zero attached hydrogens (tertiary/aromatic N) is 4. The second-order valence-electron chi connectivity index (χ2n) is 8.77. The maximum Gasteiger partial charge on any atom is 0.211 e. The van der Waals surface area contributed by atoms with Crippen LogP contribution in [0.1, 0.15) is 12.8 Å². The predicted octanol–water partition coefficient (Wildman–Crippen LogP) is 0.418. The van der Waals surface area contributed by atoms with Crippen LogP contribution in [0, 0.1) is 5.82 Å². The average Bonchev–Trinajstić information content (AvgIpc) is 2.65. The predicted molar refractivity (Wildman–Crippen MR) is 111 cm³/mol. The molecule has 1 N–H and O–H groups in total. The molecule has 4 rings (SSSR count). The van der Waals surface area contributed by atoms with E-state index in [4.69, 9.17) is 0 Å². The average molecular weight is 427 g/mol. The number of piperazine rings is 1. The summed E-state index contributed by atoms with van der Waals surface area (Å²) in [7, 11) is -3.26. The monoisotopic (exact) mass is 426 g/mol. The molecule has 0 saturated carbocycles. The molecule has 1 unspecified atom stereocenters. The van der Waals surface area contributed by atoms with E-state index in [1.54, 1.807) is 0 Å². The van der Waals surface area contributed by atoms with Crippen molar-refractivity contribution in [1.82, 2.24) is 14.1 Å². The lowest BCUT2D eigenvalue weighted by molar-refractivity contribution is -0.0681. The van der Waals surface area contributed by atoms with Gasteiger partial charge in [-0.3, -0.25) is 9.80 Å². The fraction of sp³-hybridized carbons (Fsp3) is 0.700. The van der Waals surface area contributed by atoms with Gasteiger partial charge in [0.1, 0.15) is 5.82 Å². The van der Waals surface area contributed by atoms with E-state index < -0.39 is 15.6 Å². The number of hydrogen-bond donors (Lipinski definition) is 1. The van der Waals surface area contributed by atoms with Gasteiger partial charge in [-0.05, 0) is 37.1 Å². The molecule has 162 valence electrons. The van der Waals surface area contributed by atoms with Gasteiger partial charge in [0.25, 0.3) is 0 Å². The molecule has 0 amide bonds. The molecule has 3 heterocycles. The van der Waals surface area contributed by atoms with E-state index in [9.17, 15) is 17.9 Å². The van der Waals surface area contributed by atoms with Crippen LogP contribution in [0.15, 0.2) is 24.3 Å². The van der Waals surface area contributed by atoms with Gasteiger partial charge in [-0.1, -0.05) is 0 Å². The first-order valence-electron chi connectivity index (χ1n) is 10.4. The Labute approximate surface area is 172 Å². The Morgan fingerprint density at radius 3 is 2.38 bits per heavy atom. The number of piperidine rings is 1. The van der Waals surface area contributed by atoms with Gasteiger partial charge in [-0.25, -0.2) is 12.8 Å². The van der Waals surface area contributed by atoms with Crippen molar-refractivity contribution >= 4 is 15.7 Å². The molecule has 0 radical (unpaired) electrons. The summed E-state index contributed by atoms with van der Waals surface area (Å²) >= 11 is 0. The maximum atomic E-state index is 13.1. The number of halogens is 1. The molecule has 0 aliphatic carbocycles. The number of benzene rings is 1. The molecule has 0 spiro atoms. The lowest BCUT2D eigenvalue weighted by Gasteiger charge is -2.51. The lowest BCUT2D eigenvalue weighted by atomic mass is 9.91. The Kier molecular flexibility index (Phi) is 5.87. The molecule has 3 aliphatic heterocycles. The van der Waals surface area contributed by atoms with Crippen LogP contribution < -0.4 is 4.90 Å². The Hall–Kier alpha value is -1.26. The van der Waals surface area contributed by atoms with Crippen LogP contribution in [0.5, 0.6) is 0 Å². The van der Waals surface area contributed by atoms with Gasteiger partial charge >= 0.3 is 0 Å². The normalized spacial score (nSPS) is 28.4. The quantitative estimate of drug-likeness (QED) is 0.736. The molecule has 7 nitrogen and oxygen atoms in total. The van der Waals surface area contributed by atoms with E-state index in [0.29, 0.717) is 32.0 Å². The van der Waals surface area contributed by atoms with Gasteiger partial charge in [0.15, 0.2) is 0 Å². The highest BCUT2D eigenvalue weighted by molar-refractivity contribution is 7.88. The van der Waals surface area contributed by atoms with E-state index >= 15 is 0 Å². The van der Waals surface area contributed by atoms with Gasteiger partial charge in [-0.15, -0.1) is 0 Å². The molecule has 29 heavy (non-hydrogen) atoms. The molecule has 1 atom stereocenters. The molecule has 9 heteroatoms. The van der Waals surface area contributed by atoms with Crippen LogP contribution in [0.4, 0.5) is 10.1 Å². The van der Waals surface area contributed by atoms with Crippen molar-refractivity contribution in [2.45, 2.75) is 24.5 Å². The number of likely N-dealkylation sites (tertiary alicyclic amines) is 1. The molecular formula is C20H31FN4O3S. The Bertz CT molecular complexity index is 808. The third-order valence-corrected chi connectivity index (χ3v) is 7.72. The second kappa shape index (κ2) is 8.11. The zero-order chi connectivity index (χ0) is 20.6.